The Morgan fingerprint density at radius 3 is 2.34 bits per heavy atom. The quantitative estimate of drug-likeness (QED) is 0.185. The van der Waals surface area contributed by atoms with Crippen molar-refractivity contribution in [2.24, 2.45) is 5.92 Å². The first-order chi connectivity index (χ1) is 24.8. The van der Waals surface area contributed by atoms with Gasteiger partial charge in [0.05, 0.1) is 11.6 Å². The van der Waals surface area contributed by atoms with Crippen LogP contribution in [0.15, 0.2) is 169 Å². The largest absolute Gasteiger partial charge is 0.334 e. The third kappa shape index (κ3) is 4.85. The topological polar surface area (TPSA) is 8.17 Å². The maximum Gasteiger partial charge on any atom is 0.0626 e. The minimum Gasteiger partial charge on any atom is -0.334 e. The van der Waals surface area contributed by atoms with Crippen molar-refractivity contribution >= 4 is 28.2 Å². The molecule has 0 saturated carbocycles. The van der Waals surface area contributed by atoms with Gasteiger partial charge in [0.25, 0.3) is 0 Å². The second kappa shape index (κ2) is 12.1. The smallest absolute Gasteiger partial charge is 0.0626 e. The standard InChI is InChI=1S/C48H40N2/c1-5-19-45-41(15-1)42-16-2-6-20-46(42)49(45)39-27-23-33(24-28-39)35-11-9-13-37(31-35)38-14-10-12-36(32-38)34-25-29-40(30-26-34)50-47-21-7-3-17-43(47)44-18-4-8-22-48(44)50/h1,3,5-11,13-15,17,19-32,36,41,45H,2,4,12,16,18H2. The van der Waals surface area contributed by atoms with Gasteiger partial charge in [0.2, 0.25) is 0 Å². The van der Waals surface area contributed by atoms with Crippen LogP contribution in [0.4, 0.5) is 5.69 Å². The molecular formula is C48H40N2. The molecular weight excluding hydrogens is 605 g/mol. The third-order valence-corrected chi connectivity index (χ3v) is 11.4. The summed E-state index contributed by atoms with van der Waals surface area (Å²) < 4.78 is 2.44. The van der Waals surface area contributed by atoms with Crippen molar-refractivity contribution in [3.8, 4) is 16.8 Å². The Morgan fingerprint density at radius 1 is 0.620 bits per heavy atom. The maximum absolute atomic E-state index is 2.55. The zero-order valence-electron chi connectivity index (χ0n) is 28.3. The minimum absolute atomic E-state index is 0.350. The van der Waals surface area contributed by atoms with Crippen LogP contribution in [0.3, 0.4) is 0 Å². The summed E-state index contributed by atoms with van der Waals surface area (Å²) in [5.41, 5.74) is 16.0. The third-order valence-electron chi connectivity index (χ3n) is 11.4. The predicted molar refractivity (Wildman–Crippen MR) is 210 cm³/mol. The second-order valence-corrected chi connectivity index (χ2v) is 14.3. The summed E-state index contributed by atoms with van der Waals surface area (Å²) in [6, 6.07) is 36.8. The Morgan fingerprint density at radius 2 is 1.42 bits per heavy atom. The van der Waals surface area contributed by atoms with E-state index in [9.17, 15) is 0 Å². The van der Waals surface area contributed by atoms with Gasteiger partial charge in [-0.05, 0) is 120 Å². The van der Waals surface area contributed by atoms with Crippen molar-refractivity contribution in [3.05, 3.63) is 191 Å². The zero-order valence-corrected chi connectivity index (χ0v) is 28.3. The van der Waals surface area contributed by atoms with Gasteiger partial charge in [-0.2, -0.15) is 0 Å². The Bertz CT molecular complexity index is 2350. The lowest BCUT2D eigenvalue weighted by Crippen LogP contribution is -2.32. The van der Waals surface area contributed by atoms with Crippen LogP contribution in [0.2, 0.25) is 0 Å². The number of hydrogen-bond acceptors (Lipinski definition) is 1. The van der Waals surface area contributed by atoms with Crippen molar-refractivity contribution < 1.29 is 0 Å². The van der Waals surface area contributed by atoms with Gasteiger partial charge in [-0.1, -0.05) is 115 Å². The molecule has 0 spiro atoms. The molecule has 4 aromatic carbocycles. The van der Waals surface area contributed by atoms with Gasteiger partial charge in [-0.25, -0.2) is 0 Å². The molecule has 242 valence electrons. The lowest BCUT2D eigenvalue weighted by Gasteiger charge is -2.30. The average Bonchev–Trinajstić information content (AvgIpc) is 3.71. The first kappa shape index (κ1) is 29.3. The van der Waals surface area contributed by atoms with E-state index in [4.69, 9.17) is 0 Å². The summed E-state index contributed by atoms with van der Waals surface area (Å²) in [5, 5.41) is 1.38. The van der Waals surface area contributed by atoms with Crippen LogP contribution >= 0.6 is 0 Å². The van der Waals surface area contributed by atoms with Gasteiger partial charge in [0.1, 0.15) is 0 Å². The van der Waals surface area contributed by atoms with Crippen LogP contribution in [0.5, 0.6) is 0 Å². The van der Waals surface area contributed by atoms with E-state index in [0.717, 1.165) is 32.1 Å². The van der Waals surface area contributed by atoms with Gasteiger partial charge in [0.15, 0.2) is 0 Å². The van der Waals surface area contributed by atoms with E-state index in [-0.39, 0.29) is 0 Å². The molecule has 4 aliphatic carbocycles. The van der Waals surface area contributed by atoms with Crippen molar-refractivity contribution in [3.63, 3.8) is 0 Å². The van der Waals surface area contributed by atoms with Crippen molar-refractivity contribution in [1.29, 1.82) is 0 Å². The highest BCUT2D eigenvalue weighted by atomic mass is 15.2. The molecule has 0 bridgehead atoms. The molecule has 0 fully saturated rings. The monoisotopic (exact) mass is 644 g/mol. The molecule has 0 radical (unpaired) electrons. The number of benzene rings is 4. The van der Waals surface area contributed by atoms with Gasteiger partial charge < -0.3 is 9.47 Å². The number of nitrogens with zero attached hydrogens (tertiary/aromatic N) is 2. The number of anilines is 1. The van der Waals surface area contributed by atoms with Gasteiger partial charge in [-0.3, -0.25) is 0 Å². The van der Waals surface area contributed by atoms with Crippen LogP contribution in [0.25, 0.3) is 39.4 Å². The van der Waals surface area contributed by atoms with E-state index in [1.165, 1.54) is 67.1 Å². The van der Waals surface area contributed by atoms with E-state index in [0.29, 0.717) is 17.9 Å². The van der Waals surface area contributed by atoms with Crippen molar-refractivity contribution in [2.45, 2.75) is 44.1 Å². The average molecular weight is 645 g/mol. The molecule has 3 atom stereocenters. The molecule has 0 saturated heterocycles. The first-order valence-electron chi connectivity index (χ1n) is 18.3. The van der Waals surface area contributed by atoms with E-state index in [2.05, 4.69) is 173 Å². The highest BCUT2D eigenvalue weighted by Gasteiger charge is 2.38. The highest BCUT2D eigenvalue weighted by molar-refractivity contribution is 5.90. The van der Waals surface area contributed by atoms with Crippen LogP contribution < -0.4 is 4.90 Å². The zero-order chi connectivity index (χ0) is 33.0. The summed E-state index contributed by atoms with van der Waals surface area (Å²) in [7, 11) is 0. The second-order valence-electron chi connectivity index (χ2n) is 14.3. The molecule has 5 aromatic rings. The summed E-state index contributed by atoms with van der Waals surface area (Å²) in [5.74, 6) is 0.834. The lowest BCUT2D eigenvalue weighted by molar-refractivity contribution is 0.658. The Labute approximate surface area is 295 Å². The maximum atomic E-state index is 2.55. The van der Waals surface area contributed by atoms with Crippen LogP contribution in [-0.2, 0) is 6.42 Å². The number of para-hydroxylation sites is 1. The molecule has 0 amide bonds. The highest BCUT2D eigenvalue weighted by Crippen LogP contribution is 2.45. The minimum atomic E-state index is 0.350. The van der Waals surface area contributed by atoms with E-state index in [1.54, 1.807) is 5.57 Å². The molecule has 3 unspecified atom stereocenters. The summed E-state index contributed by atoms with van der Waals surface area (Å²) in [4.78, 5) is 2.55. The fraction of sp³-hybridized carbons (Fsp3) is 0.167. The fourth-order valence-corrected chi connectivity index (χ4v) is 9.01. The van der Waals surface area contributed by atoms with E-state index >= 15 is 0 Å². The Balaban J connectivity index is 0.911. The lowest BCUT2D eigenvalue weighted by atomic mass is 9.87. The number of hydrogen-bond donors (Lipinski definition) is 0. The van der Waals surface area contributed by atoms with E-state index < -0.39 is 0 Å². The number of rotatable bonds is 5. The fourth-order valence-electron chi connectivity index (χ4n) is 9.01. The molecule has 2 heteroatoms. The van der Waals surface area contributed by atoms with Gasteiger partial charge >= 0.3 is 0 Å². The Kier molecular flexibility index (Phi) is 7.08. The number of fused-ring (bicyclic) bond motifs is 5. The molecule has 0 N–H and O–H groups in total. The molecule has 10 rings (SSSR count). The molecule has 5 aliphatic rings. The molecule has 1 aromatic heterocycles. The molecule has 2 heterocycles. The molecule has 2 nitrogen and oxygen atoms in total. The van der Waals surface area contributed by atoms with Crippen molar-refractivity contribution in [2.75, 3.05) is 4.90 Å². The number of aryl methyl sites for hydroxylation is 1. The first-order valence-corrected chi connectivity index (χ1v) is 18.3. The van der Waals surface area contributed by atoms with Gasteiger partial charge in [-0.15, -0.1) is 0 Å². The summed E-state index contributed by atoms with van der Waals surface area (Å²) >= 11 is 0. The number of aromatic nitrogens is 1. The summed E-state index contributed by atoms with van der Waals surface area (Å²) in [6.45, 7) is 0. The van der Waals surface area contributed by atoms with Crippen molar-refractivity contribution in [1.82, 2.24) is 4.57 Å². The van der Waals surface area contributed by atoms with Gasteiger partial charge in [0, 0.05) is 40.0 Å². The molecule has 50 heavy (non-hydrogen) atoms. The normalized spacial score (nSPS) is 21.8. The predicted octanol–water partition coefficient (Wildman–Crippen LogP) is 11.9. The van der Waals surface area contributed by atoms with E-state index in [1.807, 2.05) is 0 Å². The Hall–Kier alpha value is -5.60. The summed E-state index contributed by atoms with van der Waals surface area (Å²) in [6.07, 6.45) is 31.1. The SMILES string of the molecule is C1=CC2C3=C(C=CCC3)N(c3ccc(-c4cccc(C5=CC(c6ccc(-n7c8c(c9ccccc97)CCC=C8)cc6)CC=C5)c4)cc3)C2C=C1. The van der Waals surface area contributed by atoms with Crippen LogP contribution in [0.1, 0.15) is 54.0 Å². The molecule has 1 aliphatic heterocycles. The van der Waals surface area contributed by atoms with Crippen LogP contribution in [-0.4, -0.2) is 10.6 Å². The number of allylic oxidation sites excluding steroid dienone is 9. The van der Waals surface area contributed by atoms with Crippen LogP contribution in [0, 0.1) is 5.92 Å².